The van der Waals surface area contributed by atoms with Gasteiger partial charge in [-0.2, -0.15) is 13.2 Å². The second kappa shape index (κ2) is 12.6. The molecule has 2 rings (SSSR count). The number of rotatable bonds is 8. The number of methoxy groups -OCH3 is 1. The molecule has 166 valence electrons. The van der Waals surface area contributed by atoms with Crippen LogP contribution in [0.4, 0.5) is 13.2 Å². The summed E-state index contributed by atoms with van der Waals surface area (Å²) in [4.78, 5) is 4.12. The SMILES string of the molecule is CN=C(NCc1cccc(C(F)(F)F)c1)NCc1ccc(C)cc1OCCOC.I. The Kier molecular flexibility index (Phi) is 11.0. The number of guanidine groups is 1. The molecule has 0 fully saturated rings. The Morgan fingerprint density at radius 3 is 2.43 bits per heavy atom. The fourth-order valence-corrected chi connectivity index (χ4v) is 2.62. The van der Waals surface area contributed by atoms with E-state index in [-0.39, 0.29) is 30.5 Å². The maximum Gasteiger partial charge on any atom is 0.416 e. The van der Waals surface area contributed by atoms with Crippen molar-refractivity contribution in [2.45, 2.75) is 26.2 Å². The van der Waals surface area contributed by atoms with Crippen molar-refractivity contribution in [1.82, 2.24) is 10.6 Å². The Bertz CT molecular complexity index is 829. The smallest absolute Gasteiger partial charge is 0.416 e. The first kappa shape index (κ1) is 26.0. The number of halogens is 4. The minimum atomic E-state index is -4.36. The predicted octanol–water partition coefficient (Wildman–Crippen LogP) is 4.52. The van der Waals surface area contributed by atoms with Gasteiger partial charge in [0.05, 0.1) is 12.2 Å². The van der Waals surface area contributed by atoms with Gasteiger partial charge in [-0.1, -0.05) is 24.3 Å². The van der Waals surface area contributed by atoms with Gasteiger partial charge in [-0.05, 0) is 36.2 Å². The van der Waals surface area contributed by atoms with Crippen LogP contribution >= 0.6 is 24.0 Å². The molecule has 0 radical (unpaired) electrons. The highest BCUT2D eigenvalue weighted by Crippen LogP contribution is 2.29. The third-order valence-electron chi connectivity index (χ3n) is 4.15. The summed E-state index contributed by atoms with van der Waals surface area (Å²) < 4.78 is 49.3. The van der Waals surface area contributed by atoms with Crippen molar-refractivity contribution in [3.8, 4) is 5.75 Å². The largest absolute Gasteiger partial charge is 0.491 e. The maximum absolute atomic E-state index is 12.8. The Morgan fingerprint density at radius 1 is 1.03 bits per heavy atom. The molecule has 0 aliphatic heterocycles. The van der Waals surface area contributed by atoms with E-state index >= 15 is 0 Å². The lowest BCUT2D eigenvalue weighted by Gasteiger charge is -2.16. The molecule has 0 heterocycles. The van der Waals surface area contributed by atoms with Crippen LogP contribution in [0, 0.1) is 6.92 Å². The topological polar surface area (TPSA) is 54.9 Å². The van der Waals surface area contributed by atoms with Gasteiger partial charge in [-0.15, -0.1) is 24.0 Å². The van der Waals surface area contributed by atoms with Gasteiger partial charge in [0.2, 0.25) is 0 Å². The highest BCUT2D eigenvalue weighted by atomic mass is 127. The molecule has 9 heteroatoms. The first-order valence-corrected chi connectivity index (χ1v) is 9.15. The van der Waals surface area contributed by atoms with E-state index in [2.05, 4.69) is 15.6 Å². The monoisotopic (exact) mass is 537 g/mol. The van der Waals surface area contributed by atoms with E-state index in [0.29, 0.717) is 31.3 Å². The van der Waals surface area contributed by atoms with Crippen molar-refractivity contribution in [3.05, 3.63) is 64.7 Å². The van der Waals surface area contributed by atoms with Crippen LogP contribution in [0.2, 0.25) is 0 Å². The minimum absolute atomic E-state index is 0. The molecule has 5 nitrogen and oxygen atoms in total. The van der Waals surface area contributed by atoms with Crippen LogP contribution in [0.15, 0.2) is 47.5 Å². The van der Waals surface area contributed by atoms with Crippen LogP contribution in [0.1, 0.15) is 22.3 Å². The first-order valence-electron chi connectivity index (χ1n) is 9.15. The lowest BCUT2D eigenvalue weighted by molar-refractivity contribution is -0.137. The highest BCUT2D eigenvalue weighted by molar-refractivity contribution is 14.0. The fourth-order valence-electron chi connectivity index (χ4n) is 2.62. The van der Waals surface area contributed by atoms with Crippen molar-refractivity contribution < 1.29 is 22.6 Å². The number of aliphatic imine (C=N–C) groups is 1. The third-order valence-corrected chi connectivity index (χ3v) is 4.15. The molecule has 0 aromatic heterocycles. The number of hydrogen-bond donors (Lipinski definition) is 2. The van der Waals surface area contributed by atoms with E-state index in [1.54, 1.807) is 20.2 Å². The summed E-state index contributed by atoms with van der Waals surface area (Å²) in [5, 5.41) is 6.18. The fraction of sp³-hybridized carbons (Fsp3) is 0.381. The molecular formula is C21H27F3IN3O2. The maximum atomic E-state index is 12.8. The molecule has 0 atom stereocenters. The van der Waals surface area contributed by atoms with Gasteiger partial charge in [0.25, 0.3) is 0 Å². The number of nitrogens with one attached hydrogen (secondary N) is 2. The Balaban J connectivity index is 0.00000450. The van der Waals surface area contributed by atoms with E-state index in [9.17, 15) is 13.2 Å². The molecule has 0 aliphatic carbocycles. The molecular weight excluding hydrogens is 510 g/mol. The zero-order valence-electron chi connectivity index (χ0n) is 17.2. The second-order valence-electron chi connectivity index (χ2n) is 6.43. The Morgan fingerprint density at radius 2 is 1.77 bits per heavy atom. The molecule has 2 aromatic rings. The van der Waals surface area contributed by atoms with Gasteiger partial charge >= 0.3 is 6.18 Å². The zero-order chi connectivity index (χ0) is 21.3. The number of hydrogen-bond acceptors (Lipinski definition) is 3. The van der Waals surface area contributed by atoms with Crippen LogP contribution in [-0.4, -0.2) is 33.3 Å². The number of aryl methyl sites for hydroxylation is 1. The van der Waals surface area contributed by atoms with E-state index in [0.717, 1.165) is 29.0 Å². The Hall–Kier alpha value is -2.01. The van der Waals surface area contributed by atoms with Crippen molar-refractivity contribution in [2.24, 2.45) is 4.99 Å². The number of ether oxygens (including phenoxy) is 2. The molecule has 0 unspecified atom stereocenters. The lowest BCUT2D eigenvalue weighted by Crippen LogP contribution is -2.36. The summed E-state index contributed by atoms with van der Waals surface area (Å²) in [6, 6.07) is 11.1. The molecule has 0 saturated carbocycles. The summed E-state index contributed by atoms with van der Waals surface area (Å²) in [7, 11) is 3.22. The van der Waals surface area contributed by atoms with Gasteiger partial charge < -0.3 is 20.1 Å². The summed E-state index contributed by atoms with van der Waals surface area (Å²) in [6.07, 6.45) is -4.36. The number of benzene rings is 2. The zero-order valence-corrected chi connectivity index (χ0v) is 19.5. The molecule has 0 bridgehead atoms. The van der Waals surface area contributed by atoms with Crippen LogP contribution in [-0.2, 0) is 24.0 Å². The summed E-state index contributed by atoms with van der Waals surface area (Å²) >= 11 is 0. The van der Waals surface area contributed by atoms with E-state index in [1.807, 2.05) is 25.1 Å². The normalized spacial score (nSPS) is 11.6. The standard InChI is InChI=1S/C21H26F3N3O2.HI/c1-15-7-8-17(19(11-15)29-10-9-28-3)14-27-20(25-2)26-13-16-5-4-6-18(12-16)21(22,23)24;/h4-8,11-12H,9-10,13-14H2,1-3H3,(H2,25,26,27);1H. The molecule has 0 saturated heterocycles. The average Bonchev–Trinajstić information content (AvgIpc) is 2.69. The molecule has 0 spiro atoms. The number of alkyl halides is 3. The second-order valence-corrected chi connectivity index (χ2v) is 6.43. The summed E-state index contributed by atoms with van der Waals surface area (Å²) in [6.45, 7) is 3.58. The van der Waals surface area contributed by atoms with Gasteiger partial charge in [0.15, 0.2) is 5.96 Å². The van der Waals surface area contributed by atoms with Crippen molar-refractivity contribution in [3.63, 3.8) is 0 Å². The van der Waals surface area contributed by atoms with Crippen LogP contribution in [0.25, 0.3) is 0 Å². The van der Waals surface area contributed by atoms with Gasteiger partial charge in [0, 0.05) is 32.8 Å². The number of nitrogens with zero attached hydrogens (tertiary/aromatic N) is 1. The molecule has 0 amide bonds. The molecule has 30 heavy (non-hydrogen) atoms. The minimum Gasteiger partial charge on any atom is -0.491 e. The summed E-state index contributed by atoms with van der Waals surface area (Å²) in [5.41, 5.74) is 1.86. The highest BCUT2D eigenvalue weighted by Gasteiger charge is 2.30. The van der Waals surface area contributed by atoms with Gasteiger partial charge in [-0.25, -0.2) is 0 Å². The molecule has 2 N–H and O–H groups in total. The Labute approximate surface area is 192 Å². The first-order chi connectivity index (χ1) is 13.8. The molecule has 2 aromatic carbocycles. The van der Waals surface area contributed by atoms with Crippen LogP contribution in [0.3, 0.4) is 0 Å². The van der Waals surface area contributed by atoms with Crippen LogP contribution < -0.4 is 15.4 Å². The van der Waals surface area contributed by atoms with E-state index < -0.39 is 11.7 Å². The summed E-state index contributed by atoms with van der Waals surface area (Å²) in [5.74, 6) is 1.23. The van der Waals surface area contributed by atoms with Gasteiger partial charge in [0.1, 0.15) is 12.4 Å². The van der Waals surface area contributed by atoms with Crippen molar-refractivity contribution in [2.75, 3.05) is 27.4 Å². The van der Waals surface area contributed by atoms with Crippen LogP contribution in [0.5, 0.6) is 5.75 Å². The van der Waals surface area contributed by atoms with Crippen molar-refractivity contribution >= 4 is 29.9 Å². The molecule has 0 aliphatic rings. The van der Waals surface area contributed by atoms with E-state index in [1.165, 1.54) is 6.07 Å². The average molecular weight is 537 g/mol. The third kappa shape index (κ3) is 8.39. The van der Waals surface area contributed by atoms with Gasteiger partial charge in [-0.3, -0.25) is 4.99 Å². The predicted molar refractivity (Wildman–Crippen MR) is 122 cm³/mol. The lowest BCUT2D eigenvalue weighted by atomic mass is 10.1. The van der Waals surface area contributed by atoms with Crippen molar-refractivity contribution in [1.29, 1.82) is 0 Å². The quantitative estimate of drug-likeness (QED) is 0.225. The van der Waals surface area contributed by atoms with E-state index in [4.69, 9.17) is 9.47 Å².